The third kappa shape index (κ3) is 3.20. The molecule has 0 amide bonds. The minimum Gasteiger partial charge on any atom is -0.476 e. The van der Waals surface area contributed by atoms with E-state index in [0.29, 0.717) is 12.4 Å². The first kappa shape index (κ1) is 13.7. The molecular formula is C13H19N3O3. The summed E-state index contributed by atoms with van der Waals surface area (Å²) < 4.78 is 0. The molecule has 0 bridgehead atoms. The second-order valence-corrected chi connectivity index (χ2v) is 5.36. The normalized spacial score (nSPS) is 26.9. The van der Waals surface area contributed by atoms with Crippen molar-refractivity contribution in [3.05, 3.63) is 18.1 Å². The molecule has 1 aliphatic carbocycles. The lowest BCUT2D eigenvalue weighted by Crippen LogP contribution is -2.41. The lowest BCUT2D eigenvalue weighted by atomic mass is 9.73. The maximum absolute atomic E-state index is 10.7. The Balaban J connectivity index is 1.96. The highest BCUT2D eigenvalue weighted by molar-refractivity contribution is 5.84. The van der Waals surface area contributed by atoms with Gasteiger partial charge < -0.3 is 15.5 Å². The van der Waals surface area contributed by atoms with Crippen LogP contribution in [0.4, 0.5) is 5.82 Å². The van der Waals surface area contributed by atoms with Crippen LogP contribution in [0.15, 0.2) is 12.4 Å². The van der Waals surface area contributed by atoms with E-state index in [1.165, 1.54) is 12.4 Å². The molecule has 2 unspecified atom stereocenters. The molecular weight excluding hydrogens is 246 g/mol. The Hall–Kier alpha value is -1.69. The predicted octanol–water partition coefficient (Wildman–Crippen LogP) is 1.53. The minimum atomic E-state index is -1.09. The molecule has 6 heteroatoms. The summed E-state index contributed by atoms with van der Waals surface area (Å²) in [5.41, 5.74) is -0.236. The van der Waals surface area contributed by atoms with E-state index in [0.717, 1.165) is 25.7 Å². The monoisotopic (exact) mass is 265 g/mol. The van der Waals surface area contributed by atoms with Gasteiger partial charge in [0.1, 0.15) is 5.82 Å². The number of hydrogen-bond donors (Lipinski definition) is 3. The highest BCUT2D eigenvalue weighted by atomic mass is 16.4. The maximum Gasteiger partial charge on any atom is 0.356 e. The Kier molecular flexibility index (Phi) is 3.99. The summed E-state index contributed by atoms with van der Waals surface area (Å²) in [4.78, 5) is 18.5. The summed E-state index contributed by atoms with van der Waals surface area (Å²) in [7, 11) is 0. The Bertz CT molecular complexity index is 449. The number of nitrogens with one attached hydrogen (secondary N) is 1. The van der Waals surface area contributed by atoms with Gasteiger partial charge in [0.05, 0.1) is 18.5 Å². The van der Waals surface area contributed by atoms with Gasteiger partial charge in [-0.25, -0.2) is 14.8 Å². The number of aromatic carboxylic acids is 1. The fourth-order valence-corrected chi connectivity index (χ4v) is 2.41. The third-order valence-electron chi connectivity index (χ3n) is 3.82. The fourth-order valence-electron chi connectivity index (χ4n) is 2.41. The molecule has 0 spiro atoms. The van der Waals surface area contributed by atoms with Crippen molar-refractivity contribution in [3.63, 3.8) is 0 Å². The van der Waals surface area contributed by atoms with Crippen molar-refractivity contribution in [3.8, 4) is 0 Å². The largest absolute Gasteiger partial charge is 0.476 e. The molecule has 2 atom stereocenters. The van der Waals surface area contributed by atoms with Crippen LogP contribution in [0.1, 0.15) is 43.1 Å². The van der Waals surface area contributed by atoms with Crippen LogP contribution in [0.3, 0.4) is 0 Å². The first-order chi connectivity index (χ1) is 9.01. The van der Waals surface area contributed by atoms with E-state index in [9.17, 15) is 9.90 Å². The summed E-state index contributed by atoms with van der Waals surface area (Å²) in [5.74, 6) is -0.558. The number of aliphatic hydroxyl groups is 1. The first-order valence-electron chi connectivity index (χ1n) is 6.48. The molecule has 0 saturated heterocycles. The van der Waals surface area contributed by atoms with Crippen molar-refractivity contribution in [2.24, 2.45) is 5.41 Å². The van der Waals surface area contributed by atoms with Crippen LogP contribution in [0.5, 0.6) is 0 Å². The zero-order chi connectivity index (χ0) is 13.9. The molecule has 0 radical (unpaired) electrons. The molecule has 1 saturated carbocycles. The quantitative estimate of drug-likeness (QED) is 0.764. The number of carbonyl (C=O) groups is 1. The van der Waals surface area contributed by atoms with Crippen molar-refractivity contribution in [1.82, 2.24) is 9.97 Å². The van der Waals surface area contributed by atoms with Crippen LogP contribution in [0, 0.1) is 5.41 Å². The van der Waals surface area contributed by atoms with Crippen LogP contribution in [-0.2, 0) is 0 Å². The second-order valence-electron chi connectivity index (χ2n) is 5.36. The predicted molar refractivity (Wildman–Crippen MR) is 70.1 cm³/mol. The Morgan fingerprint density at radius 1 is 1.47 bits per heavy atom. The smallest absolute Gasteiger partial charge is 0.356 e. The number of carboxylic acid groups (broad SMARTS) is 1. The third-order valence-corrected chi connectivity index (χ3v) is 3.82. The number of aromatic nitrogens is 2. The molecule has 3 N–H and O–H groups in total. The summed E-state index contributed by atoms with van der Waals surface area (Å²) in [6.07, 6.45) is 6.33. The van der Waals surface area contributed by atoms with Gasteiger partial charge in [-0.3, -0.25) is 0 Å². The standard InChI is InChI=1S/C13H19N3O3/c1-13(5-3-2-4-10(13)17)8-16-11-7-14-9(6-15-11)12(18)19/h6-7,10,17H,2-5,8H2,1H3,(H,15,16)(H,18,19). The van der Waals surface area contributed by atoms with Gasteiger partial charge in [0.15, 0.2) is 5.69 Å². The molecule has 1 fully saturated rings. The number of rotatable bonds is 4. The molecule has 0 aromatic carbocycles. The molecule has 1 aliphatic rings. The van der Waals surface area contributed by atoms with Crippen LogP contribution in [0.25, 0.3) is 0 Å². The number of anilines is 1. The van der Waals surface area contributed by atoms with E-state index in [4.69, 9.17) is 5.11 Å². The van der Waals surface area contributed by atoms with Gasteiger partial charge in [-0.15, -0.1) is 0 Å². The van der Waals surface area contributed by atoms with Crippen LogP contribution < -0.4 is 5.32 Å². The van der Waals surface area contributed by atoms with Crippen LogP contribution >= 0.6 is 0 Å². The number of carboxylic acids is 1. The van der Waals surface area contributed by atoms with E-state index in [1.54, 1.807) is 0 Å². The maximum atomic E-state index is 10.7. The fraction of sp³-hybridized carbons (Fsp3) is 0.615. The van der Waals surface area contributed by atoms with Crippen molar-refractivity contribution in [2.45, 2.75) is 38.7 Å². The van der Waals surface area contributed by atoms with E-state index in [2.05, 4.69) is 22.2 Å². The van der Waals surface area contributed by atoms with Gasteiger partial charge in [0.25, 0.3) is 0 Å². The molecule has 1 heterocycles. The van der Waals surface area contributed by atoms with Crippen LogP contribution in [0.2, 0.25) is 0 Å². The Morgan fingerprint density at radius 2 is 2.26 bits per heavy atom. The first-order valence-corrected chi connectivity index (χ1v) is 6.48. The Labute approximate surface area is 111 Å². The SMILES string of the molecule is CC1(CNc2cnc(C(=O)O)cn2)CCCCC1O. The second kappa shape index (κ2) is 5.52. The summed E-state index contributed by atoms with van der Waals surface area (Å²) in [5, 5.41) is 21.9. The van der Waals surface area contributed by atoms with E-state index in [1.807, 2.05) is 0 Å². The molecule has 104 valence electrons. The van der Waals surface area contributed by atoms with Gasteiger partial charge in [-0.2, -0.15) is 0 Å². The molecule has 2 rings (SSSR count). The van der Waals surface area contributed by atoms with Crippen LogP contribution in [-0.4, -0.2) is 38.8 Å². The van der Waals surface area contributed by atoms with Gasteiger partial charge in [0.2, 0.25) is 0 Å². The van der Waals surface area contributed by atoms with Gasteiger partial charge in [-0.1, -0.05) is 19.8 Å². The van der Waals surface area contributed by atoms with Gasteiger partial charge >= 0.3 is 5.97 Å². The summed E-state index contributed by atoms with van der Waals surface area (Å²) in [6.45, 7) is 2.66. The van der Waals surface area contributed by atoms with E-state index in [-0.39, 0.29) is 17.2 Å². The Morgan fingerprint density at radius 3 is 2.84 bits per heavy atom. The van der Waals surface area contributed by atoms with E-state index >= 15 is 0 Å². The van der Waals surface area contributed by atoms with Gasteiger partial charge in [0, 0.05) is 12.0 Å². The minimum absolute atomic E-state index is 0.0746. The average molecular weight is 265 g/mol. The molecule has 6 nitrogen and oxygen atoms in total. The van der Waals surface area contributed by atoms with E-state index < -0.39 is 5.97 Å². The molecule has 19 heavy (non-hydrogen) atoms. The summed E-state index contributed by atoms with van der Waals surface area (Å²) in [6, 6.07) is 0. The molecule has 1 aromatic heterocycles. The van der Waals surface area contributed by atoms with Gasteiger partial charge in [-0.05, 0) is 12.8 Å². The number of aliphatic hydroxyl groups excluding tert-OH is 1. The number of nitrogens with zero attached hydrogens (tertiary/aromatic N) is 2. The zero-order valence-electron chi connectivity index (χ0n) is 11.0. The van der Waals surface area contributed by atoms with Crippen molar-refractivity contribution >= 4 is 11.8 Å². The lowest BCUT2D eigenvalue weighted by Gasteiger charge is -2.38. The molecule has 1 aromatic rings. The lowest BCUT2D eigenvalue weighted by molar-refractivity contribution is 0.00958. The highest BCUT2D eigenvalue weighted by Crippen LogP contribution is 2.36. The van der Waals surface area contributed by atoms with Crippen molar-refractivity contribution in [2.75, 3.05) is 11.9 Å². The van der Waals surface area contributed by atoms with Crippen molar-refractivity contribution < 1.29 is 15.0 Å². The summed E-state index contributed by atoms with van der Waals surface area (Å²) >= 11 is 0. The zero-order valence-corrected chi connectivity index (χ0v) is 11.0. The number of hydrogen-bond acceptors (Lipinski definition) is 5. The topological polar surface area (TPSA) is 95.3 Å². The average Bonchev–Trinajstić information content (AvgIpc) is 2.41. The van der Waals surface area contributed by atoms with Crippen molar-refractivity contribution in [1.29, 1.82) is 0 Å². The highest BCUT2D eigenvalue weighted by Gasteiger charge is 2.35. The molecule has 0 aliphatic heterocycles.